The maximum absolute atomic E-state index is 11.7. The molecule has 1 fully saturated rings. The lowest BCUT2D eigenvalue weighted by Gasteiger charge is -2.16. The number of anilines is 1. The van der Waals surface area contributed by atoms with Gasteiger partial charge in [0.1, 0.15) is 15.7 Å². The average Bonchev–Trinajstić information content (AvgIpc) is 3.19. The van der Waals surface area contributed by atoms with Crippen molar-refractivity contribution in [2.45, 2.75) is 19.8 Å². The minimum absolute atomic E-state index is 0.310. The summed E-state index contributed by atoms with van der Waals surface area (Å²) in [5.41, 5.74) is 0.993. The van der Waals surface area contributed by atoms with Crippen molar-refractivity contribution < 1.29 is 9.53 Å². The van der Waals surface area contributed by atoms with Crippen LogP contribution in [0, 0.1) is 0 Å². The molecular weight excluding hydrogens is 286 g/mol. The Kier molecular flexibility index (Phi) is 4.15. The lowest BCUT2D eigenvalue weighted by Crippen LogP contribution is -2.18. The number of pyridine rings is 1. The molecule has 3 heterocycles. The Bertz CT molecular complexity index is 635. The van der Waals surface area contributed by atoms with Gasteiger partial charge in [0, 0.05) is 24.8 Å². The molecule has 0 saturated carbocycles. The van der Waals surface area contributed by atoms with Crippen molar-refractivity contribution in [1.82, 2.24) is 9.97 Å². The summed E-state index contributed by atoms with van der Waals surface area (Å²) in [6.45, 7) is 4.29. The molecule has 3 rings (SSSR count). The van der Waals surface area contributed by atoms with E-state index in [2.05, 4.69) is 14.9 Å². The summed E-state index contributed by atoms with van der Waals surface area (Å²) in [5.74, 6) is 0.674. The first kappa shape index (κ1) is 14.0. The van der Waals surface area contributed by atoms with Gasteiger partial charge in [-0.25, -0.2) is 14.8 Å². The molecular formula is C15H17N3O2S. The Morgan fingerprint density at radius 1 is 1.38 bits per heavy atom. The van der Waals surface area contributed by atoms with Crippen molar-refractivity contribution in [3.05, 3.63) is 29.4 Å². The number of thiazole rings is 1. The number of aromatic nitrogens is 2. The van der Waals surface area contributed by atoms with Crippen molar-refractivity contribution in [3.8, 4) is 10.6 Å². The van der Waals surface area contributed by atoms with Crippen molar-refractivity contribution in [2.75, 3.05) is 24.6 Å². The number of hydrogen-bond acceptors (Lipinski definition) is 6. The molecule has 0 atom stereocenters. The third-order valence-corrected chi connectivity index (χ3v) is 4.43. The lowest BCUT2D eigenvalue weighted by molar-refractivity contribution is 0.0532. The topological polar surface area (TPSA) is 55.3 Å². The zero-order valence-corrected chi connectivity index (χ0v) is 12.7. The summed E-state index contributed by atoms with van der Waals surface area (Å²) in [4.78, 5) is 23.3. The van der Waals surface area contributed by atoms with Crippen LogP contribution in [0.2, 0.25) is 0 Å². The van der Waals surface area contributed by atoms with Gasteiger partial charge < -0.3 is 9.64 Å². The predicted molar refractivity (Wildman–Crippen MR) is 82.7 cm³/mol. The molecule has 0 aliphatic carbocycles. The van der Waals surface area contributed by atoms with E-state index in [-0.39, 0.29) is 5.97 Å². The zero-order valence-electron chi connectivity index (χ0n) is 11.9. The Labute approximate surface area is 127 Å². The number of rotatable bonds is 4. The van der Waals surface area contributed by atoms with Gasteiger partial charge in [0.2, 0.25) is 0 Å². The maximum atomic E-state index is 11.7. The average molecular weight is 303 g/mol. The first-order chi connectivity index (χ1) is 10.3. The van der Waals surface area contributed by atoms with Crippen LogP contribution in [0.1, 0.15) is 29.4 Å². The minimum atomic E-state index is -0.310. The van der Waals surface area contributed by atoms with E-state index in [1.54, 1.807) is 19.3 Å². The zero-order chi connectivity index (χ0) is 14.7. The van der Waals surface area contributed by atoms with Crippen LogP contribution in [-0.2, 0) is 4.74 Å². The fourth-order valence-electron chi connectivity index (χ4n) is 2.37. The Morgan fingerprint density at radius 3 is 2.95 bits per heavy atom. The molecule has 0 bridgehead atoms. The quantitative estimate of drug-likeness (QED) is 0.813. The van der Waals surface area contributed by atoms with E-state index in [1.165, 1.54) is 24.2 Å². The number of esters is 1. The van der Waals surface area contributed by atoms with Crippen LogP contribution < -0.4 is 4.90 Å². The van der Waals surface area contributed by atoms with Gasteiger partial charge >= 0.3 is 5.97 Å². The Morgan fingerprint density at radius 2 is 2.19 bits per heavy atom. The van der Waals surface area contributed by atoms with Gasteiger partial charge in [-0.05, 0) is 31.9 Å². The van der Waals surface area contributed by atoms with Crippen LogP contribution in [0.25, 0.3) is 10.6 Å². The van der Waals surface area contributed by atoms with E-state index in [9.17, 15) is 4.79 Å². The molecule has 0 radical (unpaired) electrons. The number of hydrogen-bond donors (Lipinski definition) is 0. The normalized spacial score (nSPS) is 14.4. The largest absolute Gasteiger partial charge is 0.462 e. The molecule has 0 aromatic carbocycles. The fraction of sp³-hybridized carbons (Fsp3) is 0.400. The summed E-state index contributed by atoms with van der Waals surface area (Å²) in [7, 11) is 0. The summed E-state index contributed by atoms with van der Waals surface area (Å²) in [6, 6.07) is 3.96. The smallest absolute Gasteiger partial charge is 0.349 e. The second-order valence-electron chi connectivity index (χ2n) is 4.85. The van der Waals surface area contributed by atoms with Crippen LogP contribution in [0.4, 0.5) is 5.82 Å². The SMILES string of the molecule is CCOC(=O)c1cnc(-c2ccnc(N3CCCC3)c2)s1. The summed E-state index contributed by atoms with van der Waals surface area (Å²) in [6.07, 6.45) is 5.81. The van der Waals surface area contributed by atoms with E-state index in [0.29, 0.717) is 11.5 Å². The van der Waals surface area contributed by atoms with Gasteiger partial charge in [0.05, 0.1) is 12.8 Å². The summed E-state index contributed by atoms with van der Waals surface area (Å²) < 4.78 is 4.99. The number of carbonyl (C=O) groups excluding carboxylic acids is 1. The first-order valence-electron chi connectivity index (χ1n) is 7.12. The van der Waals surface area contributed by atoms with E-state index >= 15 is 0 Å². The molecule has 1 aliphatic heterocycles. The second kappa shape index (κ2) is 6.22. The molecule has 0 N–H and O–H groups in total. The van der Waals surface area contributed by atoms with Gasteiger partial charge in [0.15, 0.2) is 0 Å². The standard InChI is InChI=1S/C15H17N3O2S/c1-2-20-15(19)12-10-17-14(21-12)11-5-6-16-13(9-11)18-7-3-4-8-18/h5-6,9-10H,2-4,7-8H2,1H3. The summed E-state index contributed by atoms with van der Waals surface area (Å²) >= 11 is 1.35. The predicted octanol–water partition coefficient (Wildman–Crippen LogP) is 2.98. The highest BCUT2D eigenvalue weighted by molar-refractivity contribution is 7.16. The van der Waals surface area contributed by atoms with Crippen molar-refractivity contribution >= 4 is 23.1 Å². The van der Waals surface area contributed by atoms with Gasteiger partial charge in [-0.3, -0.25) is 0 Å². The summed E-state index contributed by atoms with van der Waals surface area (Å²) in [5, 5.41) is 0.820. The molecule has 0 unspecified atom stereocenters. The van der Waals surface area contributed by atoms with Gasteiger partial charge in [-0.2, -0.15) is 0 Å². The fourth-order valence-corrected chi connectivity index (χ4v) is 3.18. The molecule has 0 spiro atoms. The molecule has 6 heteroatoms. The highest BCUT2D eigenvalue weighted by atomic mass is 32.1. The van der Waals surface area contributed by atoms with E-state index in [1.807, 2.05) is 12.1 Å². The first-order valence-corrected chi connectivity index (χ1v) is 7.94. The van der Waals surface area contributed by atoms with E-state index < -0.39 is 0 Å². The van der Waals surface area contributed by atoms with Crippen LogP contribution in [-0.4, -0.2) is 35.6 Å². The Hall–Kier alpha value is -1.95. The molecule has 1 aliphatic rings. The van der Waals surface area contributed by atoms with Crippen LogP contribution in [0.3, 0.4) is 0 Å². The second-order valence-corrected chi connectivity index (χ2v) is 5.88. The molecule has 1 saturated heterocycles. The number of nitrogens with zero attached hydrogens (tertiary/aromatic N) is 3. The van der Waals surface area contributed by atoms with Crippen LogP contribution >= 0.6 is 11.3 Å². The third-order valence-electron chi connectivity index (χ3n) is 3.40. The molecule has 21 heavy (non-hydrogen) atoms. The van der Waals surface area contributed by atoms with Gasteiger partial charge in [-0.15, -0.1) is 11.3 Å². The number of ether oxygens (including phenoxy) is 1. The van der Waals surface area contributed by atoms with Crippen molar-refractivity contribution in [2.24, 2.45) is 0 Å². The number of carbonyl (C=O) groups is 1. The lowest BCUT2D eigenvalue weighted by atomic mass is 10.2. The van der Waals surface area contributed by atoms with Crippen molar-refractivity contribution in [1.29, 1.82) is 0 Å². The van der Waals surface area contributed by atoms with Crippen LogP contribution in [0.15, 0.2) is 24.5 Å². The molecule has 2 aromatic rings. The van der Waals surface area contributed by atoms with Crippen molar-refractivity contribution in [3.63, 3.8) is 0 Å². The monoisotopic (exact) mass is 303 g/mol. The molecule has 2 aromatic heterocycles. The highest BCUT2D eigenvalue weighted by Gasteiger charge is 2.16. The van der Waals surface area contributed by atoms with E-state index in [4.69, 9.17) is 4.74 Å². The molecule has 5 nitrogen and oxygen atoms in total. The van der Waals surface area contributed by atoms with Gasteiger partial charge in [0.25, 0.3) is 0 Å². The van der Waals surface area contributed by atoms with E-state index in [0.717, 1.165) is 29.5 Å². The molecule has 0 amide bonds. The molecule has 110 valence electrons. The minimum Gasteiger partial charge on any atom is -0.462 e. The Balaban J connectivity index is 1.83. The highest BCUT2D eigenvalue weighted by Crippen LogP contribution is 2.28. The van der Waals surface area contributed by atoms with Crippen LogP contribution in [0.5, 0.6) is 0 Å². The van der Waals surface area contributed by atoms with Gasteiger partial charge in [-0.1, -0.05) is 0 Å². The maximum Gasteiger partial charge on any atom is 0.349 e. The third kappa shape index (κ3) is 3.05.